The summed E-state index contributed by atoms with van der Waals surface area (Å²) in [5, 5.41) is 0.180. The van der Waals surface area contributed by atoms with Gasteiger partial charge in [-0.1, -0.05) is 24.6 Å². The number of halogens is 2. The van der Waals surface area contributed by atoms with Gasteiger partial charge in [0.15, 0.2) is 0 Å². The van der Waals surface area contributed by atoms with Crippen LogP contribution in [-0.2, 0) is 0 Å². The zero-order valence-electron chi connectivity index (χ0n) is 11.4. The van der Waals surface area contributed by atoms with E-state index in [1.165, 1.54) is 25.3 Å². The van der Waals surface area contributed by atoms with Gasteiger partial charge in [-0.05, 0) is 56.0 Å². The number of nitrogens with zero attached hydrogens (tertiary/aromatic N) is 1. The van der Waals surface area contributed by atoms with Crippen LogP contribution in [0.3, 0.4) is 0 Å². The summed E-state index contributed by atoms with van der Waals surface area (Å²) in [6.07, 6.45) is 3.68. The first-order valence-electron chi connectivity index (χ1n) is 7.01. The van der Waals surface area contributed by atoms with Crippen LogP contribution in [0, 0.1) is 11.7 Å². The molecule has 106 valence electrons. The molecule has 0 saturated carbocycles. The van der Waals surface area contributed by atoms with Crippen molar-refractivity contribution in [2.75, 3.05) is 19.6 Å². The molecule has 4 heteroatoms. The maximum absolute atomic E-state index is 13.2. The third kappa shape index (κ3) is 3.68. The summed E-state index contributed by atoms with van der Waals surface area (Å²) in [6, 6.07) is 5.08. The third-order valence-electron chi connectivity index (χ3n) is 4.04. The van der Waals surface area contributed by atoms with E-state index in [0.717, 1.165) is 24.6 Å². The summed E-state index contributed by atoms with van der Waals surface area (Å²) < 4.78 is 13.2. The molecule has 2 nitrogen and oxygen atoms in total. The Morgan fingerprint density at radius 1 is 1.42 bits per heavy atom. The van der Waals surface area contributed by atoms with Crippen LogP contribution in [0.4, 0.5) is 4.39 Å². The lowest BCUT2D eigenvalue weighted by atomic mass is 10.0. The van der Waals surface area contributed by atoms with E-state index in [-0.39, 0.29) is 16.9 Å². The minimum atomic E-state index is -0.370. The molecular weight excluding hydrogens is 263 g/mol. The van der Waals surface area contributed by atoms with Crippen LogP contribution in [0.15, 0.2) is 18.2 Å². The number of benzene rings is 1. The van der Waals surface area contributed by atoms with Gasteiger partial charge in [0.2, 0.25) is 0 Å². The molecule has 0 aliphatic carbocycles. The largest absolute Gasteiger partial charge is 0.329 e. The lowest BCUT2D eigenvalue weighted by molar-refractivity contribution is 0.207. The van der Waals surface area contributed by atoms with Gasteiger partial charge >= 0.3 is 0 Å². The predicted molar refractivity (Wildman–Crippen MR) is 77.8 cm³/mol. The van der Waals surface area contributed by atoms with Crippen molar-refractivity contribution in [1.82, 2.24) is 4.90 Å². The molecule has 1 fully saturated rings. The second-order valence-electron chi connectivity index (χ2n) is 5.50. The molecule has 1 aromatic rings. The molecule has 0 amide bonds. The van der Waals surface area contributed by atoms with E-state index in [0.29, 0.717) is 6.54 Å². The molecule has 2 rings (SSSR count). The van der Waals surface area contributed by atoms with E-state index in [1.54, 1.807) is 12.1 Å². The van der Waals surface area contributed by atoms with E-state index < -0.39 is 0 Å². The van der Waals surface area contributed by atoms with Crippen LogP contribution in [0.1, 0.15) is 37.8 Å². The Hall–Kier alpha value is -0.640. The second kappa shape index (κ2) is 6.69. The van der Waals surface area contributed by atoms with Crippen molar-refractivity contribution in [3.8, 4) is 0 Å². The molecule has 1 aliphatic heterocycles. The number of hydrogen-bond acceptors (Lipinski definition) is 2. The van der Waals surface area contributed by atoms with Gasteiger partial charge < -0.3 is 5.73 Å². The van der Waals surface area contributed by atoms with Crippen molar-refractivity contribution in [1.29, 1.82) is 0 Å². The van der Waals surface area contributed by atoms with Crippen molar-refractivity contribution in [2.45, 2.75) is 32.2 Å². The standard InChI is InChI=1S/C15H22ClFN2/c1-11-3-2-7-19(8-6-11)15(10-18)12-4-5-14(17)13(16)9-12/h4-5,9,11,15H,2-3,6-8,10,18H2,1H3. The fourth-order valence-electron chi connectivity index (χ4n) is 2.81. The van der Waals surface area contributed by atoms with Crippen LogP contribution in [0.2, 0.25) is 5.02 Å². The Balaban J connectivity index is 2.16. The second-order valence-corrected chi connectivity index (χ2v) is 5.90. The van der Waals surface area contributed by atoms with Gasteiger partial charge in [0.25, 0.3) is 0 Å². The highest BCUT2D eigenvalue weighted by Gasteiger charge is 2.22. The highest BCUT2D eigenvalue weighted by Crippen LogP contribution is 2.27. The normalized spacial score (nSPS) is 23.1. The number of hydrogen-bond donors (Lipinski definition) is 1. The minimum Gasteiger partial charge on any atom is -0.329 e. The van der Waals surface area contributed by atoms with Crippen LogP contribution in [-0.4, -0.2) is 24.5 Å². The molecule has 1 saturated heterocycles. The van der Waals surface area contributed by atoms with E-state index in [2.05, 4.69) is 11.8 Å². The highest BCUT2D eigenvalue weighted by molar-refractivity contribution is 6.30. The van der Waals surface area contributed by atoms with Gasteiger partial charge in [-0.3, -0.25) is 4.90 Å². The highest BCUT2D eigenvalue weighted by atomic mass is 35.5. The Kier molecular flexibility index (Phi) is 5.20. The van der Waals surface area contributed by atoms with Crippen LogP contribution < -0.4 is 5.73 Å². The summed E-state index contributed by atoms with van der Waals surface area (Å²) in [5.41, 5.74) is 6.95. The summed E-state index contributed by atoms with van der Waals surface area (Å²) >= 11 is 5.87. The molecule has 2 atom stereocenters. The smallest absolute Gasteiger partial charge is 0.141 e. The molecule has 0 radical (unpaired) electrons. The SMILES string of the molecule is CC1CCCN(C(CN)c2ccc(F)c(Cl)c2)CC1. The molecule has 0 bridgehead atoms. The Morgan fingerprint density at radius 2 is 2.21 bits per heavy atom. The van der Waals surface area contributed by atoms with E-state index in [9.17, 15) is 4.39 Å². The maximum Gasteiger partial charge on any atom is 0.141 e. The Labute approximate surface area is 119 Å². The first-order chi connectivity index (χ1) is 9.11. The monoisotopic (exact) mass is 284 g/mol. The Bertz CT molecular complexity index is 425. The molecule has 1 aromatic carbocycles. The first kappa shape index (κ1) is 14.8. The van der Waals surface area contributed by atoms with E-state index >= 15 is 0 Å². The Morgan fingerprint density at radius 3 is 2.89 bits per heavy atom. The molecule has 1 aliphatic rings. The average molecular weight is 285 g/mol. The number of likely N-dealkylation sites (tertiary alicyclic amines) is 1. The molecule has 0 spiro atoms. The summed E-state index contributed by atoms with van der Waals surface area (Å²) in [6.45, 7) is 4.95. The summed E-state index contributed by atoms with van der Waals surface area (Å²) in [7, 11) is 0. The van der Waals surface area contributed by atoms with Crippen LogP contribution >= 0.6 is 11.6 Å². The van der Waals surface area contributed by atoms with Crippen molar-refractivity contribution < 1.29 is 4.39 Å². The number of rotatable bonds is 3. The van der Waals surface area contributed by atoms with Crippen molar-refractivity contribution in [3.05, 3.63) is 34.6 Å². The molecular formula is C15H22ClFN2. The lowest BCUT2D eigenvalue weighted by Gasteiger charge is -2.30. The minimum absolute atomic E-state index is 0.142. The zero-order valence-corrected chi connectivity index (χ0v) is 12.2. The van der Waals surface area contributed by atoms with Gasteiger partial charge in [0.1, 0.15) is 5.82 Å². The van der Waals surface area contributed by atoms with Crippen LogP contribution in [0.5, 0.6) is 0 Å². The van der Waals surface area contributed by atoms with Crippen molar-refractivity contribution in [3.63, 3.8) is 0 Å². The predicted octanol–water partition coefficient (Wildman–Crippen LogP) is 3.60. The lowest BCUT2D eigenvalue weighted by Crippen LogP contribution is -2.34. The third-order valence-corrected chi connectivity index (χ3v) is 4.33. The number of nitrogens with two attached hydrogens (primary N) is 1. The zero-order chi connectivity index (χ0) is 13.8. The molecule has 1 heterocycles. The van der Waals surface area contributed by atoms with E-state index in [4.69, 9.17) is 17.3 Å². The van der Waals surface area contributed by atoms with Crippen LogP contribution in [0.25, 0.3) is 0 Å². The quantitative estimate of drug-likeness (QED) is 0.919. The van der Waals surface area contributed by atoms with E-state index in [1.807, 2.05) is 0 Å². The maximum atomic E-state index is 13.2. The van der Waals surface area contributed by atoms with Crippen molar-refractivity contribution in [2.24, 2.45) is 11.7 Å². The molecule has 2 unspecified atom stereocenters. The first-order valence-corrected chi connectivity index (χ1v) is 7.38. The summed E-state index contributed by atoms with van der Waals surface area (Å²) in [5.74, 6) is 0.408. The fraction of sp³-hybridized carbons (Fsp3) is 0.600. The van der Waals surface area contributed by atoms with Gasteiger partial charge in [-0.15, -0.1) is 0 Å². The van der Waals surface area contributed by atoms with Gasteiger partial charge in [0, 0.05) is 12.6 Å². The molecule has 2 N–H and O–H groups in total. The fourth-order valence-corrected chi connectivity index (χ4v) is 3.00. The average Bonchev–Trinajstić information content (AvgIpc) is 2.60. The topological polar surface area (TPSA) is 29.3 Å². The summed E-state index contributed by atoms with van der Waals surface area (Å²) in [4.78, 5) is 2.41. The molecule has 0 aromatic heterocycles. The van der Waals surface area contributed by atoms with Crippen molar-refractivity contribution >= 4 is 11.6 Å². The van der Waals surface area contributed by atoms with Gasteiger partial charge in [0.05, 0.1) is 5.02 Å². The molecule has 19 heavy (non-hydrogen) atoms. The van der Waals surface area contributed by atoms with Gasteiger partial charge in [-0.2, -0.15) is 0 Å². The van der Waals surface area contributed by atoms with Gasteiger partial charge in [-0.25, -0.2) is 4.39 Å².